The Morgan fingerprint density at radius 3 is 1.86 bits per heavy atom. The monoisotopic (exact) mass is 208 g/mol. The summed E-state index contributed by atoms with van der Waals surface area (Å²) in [6, 6.07) is 0. The minimum atomic E-state index is 0.116. The Morgan fingerprint density at radius 2 is 1.29 bits per heavy atom. The van der Waals surface area contributed by atoms with E-state index in [9.17, 15) is 0 Å². The fraction of sp³-hybridized carbons (Fsp3) is 0. The van der Waals surface area contributed by atoms with Crippen molar-refractivity contribution in [2.75, 3.05) is 0 Å². The molecule has 0 fully saturated rings. The van der Waals surface area contributed by atoms with Gasteiger partial charge in [0.05, 0.1) is 0 Å². The van der Waals surface area contributed by atoms with Gasteiger partial charge in [-0.15, -0.1) is 0 Å². The topological polar surface area (TPSA) is 0 Å². The van der Waals surface area contributed by atoms with E-state index in [0.29, 0.717) is 0 Å². The first-order chi connectivity index (χ1) is 3.50. The molecule has 36 valence electrons. The molecule has 0 spiro atoms. The van der Waals surface area contributed by atoms with Crippen LogP contribution in [0.4, 0.5) is 0 Å². The Bertz CT molecular complexity index is 106. The van der Waals surface area contributed by atoms with Crippen LogP contribution in [0.2, 0.25) is 0 Å². The maximum atomic E-state index is 2.26. The molecular formula is C6H6Te. The third kappa shape index (κ3) is 1.97. The van der Waals surface area contributed by atoms with Crippen LogP contribution in [0.5, 0.6) is 0 Å². The van der Waals surface area contributed by atoms with Crippen molar-refractivity contribution in [1.82, 2.24) is 0 Å². The van der Waals surface area contributed by atoms with Crippen molar-refractivity contribution < 1.29 is 0 Å². The zero-order valence-electron chi connectivity index (χ0n) is 3.87. The van der Waals surface area contributed by atoms with Crippen LogP contribution in [0.1, 0.15) is 0 Å². The SMILES string of the molecule is C1=CC=C[Te]C=C1. The molecule has 0 aromatic carbocycles. The summed E-state index contributed by atoms with van der Waals surface area (Å²) in [5.41, 5.74) is 0. The summed E-state index contributed by atoms with van der Waals surface area (Å²) in [5.74, 6) is 0. The summed E-state index contributed by atoms with van der Waals surface area (Å²) in [7, 11) is 0. The van der Waals surface area contributed by atoms with E-state index in [-0.39, 0.29) is 20.9 Å². The molecule has 0 aliphatic carbocycles. The van der Waals surface area contributed by atoms with Gasteiger partial charge in [-0.05, 0) is 0 Å². The molecule has 1 heteroatoms. The van der Waals surface area contributed by atoms with E-state index in [1.807, 2.05) is 0 Å². The maximum absolute atomic E-state index is 2.26. The van der Waals surface area contributed by atoms with Crippen molar-refractivity contribution in [3.8, 4) is 0 Å². The van der Waals surface area contributed by atoms with Crippen LogP contribution >= 0.6 is 0 Å². The Labute approximate surface area is 53.7 Å². The van der Waals surface area contributed by atoms with Gasteiger partial charge < -0.3 is 0 Å². The first-order valence-electron chi connectivity index (χ1n) is 2.14. The predicted octanol–water partition coefficient (Wildman–Crippen LogP) is 1.29. The second-order valence-corrected chi connectivity index (χ2v) is 3.51. The number of allylic oxidation sites excluding steroid dienone is 4. The molecule has 1 aliphatic heterocycles. The molecule has 0 aromatic rings. The molecule has 1 rings (SSSR count). The van der Waals surface area contributed by atoms with Crippen molar-refractivity contribution in [3.05, 3.63) is 32.6 Å². The van der Waals surface area contributed by atoms with Gasteiger partial charge in [-0.2, -0.15) is 0 Å². The zero-order chi connectivity index (χ0) is 4.95. The number of hydrogen-bond donors (Lipinski definition) is 0. The number of hydrogen-bond acceptors (Lipinski definition) is 0. The van der Waals surface area contributed by atoms with E-state index in [1.165, 1.54) is 0 Å². The third-order valence-electron chi connectivity index (χ3n) is 0.648. The van der Waals surface area contributed by atoms with Gasteiger partial charge in [0.2, 0.25) is 0 Å². The molecule has 0 radical (unpaired) electrons. The van der Waals surface area contributed by atoms with Crippen LogP contribution in [0.3, 0.4) is 0 Å². The van der Waals surface area contributed by atoms with E-state index in [2.05, 4.69) is 32.6 Å². The van der Waals surface area contributed by atoms with E-state index < -0.39 is 0 Å². The summed E-state index contributed by atoms with van der Waals surface area (Å²) < 4.78 is 4.51. The molecule has 1 aliphatic rings. The second-order valence-electron chi connectivity index (χ2n) is 1.18. The molecule has 0 saturated heterocycles. The Balaban J connectivity index is 2.60. The van der Waals surface area contributed by atoms with Gasteiger partial charge in [0.1, 0.15) is 0 Å². The Hall–Kier alpha value is 0.00961. The molecule has 0 atom stereocenters. The average Bonchev–Trinajstić information content (AvgIpc) is 1.90. The molecule has 7 heavy (non-hydrogen) atoms. The van der Waals surface area contributed by atoms with Gasteiger partial charge in [0, 0.05) is 0 Å². The Kier molecular flexibility index (Phi) is 2.26. The molecule has 0 N–H and O–H groups in total. The first-order valence-corrected chi connectivity index (χ1v) is 4.83. The van der Waals surface area contributed by atoms with Crippen LogP contribution in [0.25, 0.3) is 0 Å². The van der Waals surface area contributed by atoms with E-state index >= 15 is 0 Å². The van der Waals surface area contributed by atoms with Gasteiger partial charge >= 0.3 is 53.5 Å². The first kappa shape index (κ1) is 5.15. The summed E-state index contributed by atoms with van der Waals surface area (Å²) in [6.45, 7) is 0. The second kappa shape index (κ2) is 3.07. The van der Waals surface area contributed by atoms with Gasteiger partial charge in [0.15, 0.2) is 0 Å². The summed E-state index contributed by atoms with van der Waals surface area (Å²) in [6.07, 6.45) is 8.35. The van der Waals surface area contributed by atoms with E-state index in [1.54, 1.807) is 0 Å². The minimum absolute atomic E-state index is 0.116. The molecule has 0 amide bonds. The fourth-order valence-corrected chi connectivity index (χ4v) is 1.65. The van der Waals surface area contributed by atoms with Crippen LogP contribution < -0.4 is 0 Å². The van der Waals surface area contributed by atoms with Crippen LogP contribution in [-0.2, 0) is 0 Å². The molecular weight excluding hydrogens is 200 g/mol. The van der Waals surface area contributed by atoms with Crippen LogP contribution in [0.15, 0.2) is 32.6 Å². The van der Waals surface area contributed by atoms with Gasteiger partial charge in [-0.1, -0.05) is 0 Å². The molecule has 0 bridgehead atoms. The fourth-order valence-electron chi connectivity index (χ4n) is 0.355. The van der Waals surface area contributed by atoms with Crippen LogP contribution in [-0.4, -0.2) is 20.9 Å². The van der Waals surface area contributed by atoms with E-state index in [4.69, 9.17) is 0 Å². The van der Waals surface area contributed by atoms with Crippen molar-refractivity contribution in [2.45, 2.75) is 0 Å². The Morgan fingerprint density at radius 1 is 0.714 bits per heavy atom. The summed E-state index contributed by atoms with van der Waals surface area (Å²) in [5, 5.41) is 0. The quantitative estimate of drug-likeness (QED) is 0.523. The third-order valence-corrected chi connectivity index (χ3v) is 2.44. The van der Waals surface area contributed by atoms with Crippen molar-refractivity contribution >= 4 is 20.9 Å². The molecule has 0 aromatic heterocycles. The van der Waals surface area contributed by atoms with Crippen LogP contribution in [0, 0.1) is 0 Å². The molecule has 0 nitrogen and oxygen atoms in total. The summed E-state index contributed by atoms with van der Waals surface area (Å²) >= 11 is 0.116. The van der Waals surface area contributed by atoms with E-state index in [0.717, 1.165) is 0 Å². The zero-order valence-corrected chi connectivity index (χ0v) is 6.20. The van der Waals surface area contributed by atoms with Gasteiger partial charge in [0.25, 0.3) is 0 Å². The molecule has 0 saturated carbocycles. The molecule has 0 unspecified atom stereocenters. The van der Waals surface area contributed by atoms with Gasteiger partial charge in [-0.3, -0.25) is 0 Å². The van der Waals surface area contributed by atoms with Crippen molar-refractivity contribution in [1.29, 1.82) is 0 Å². The summed E-state index contributed by atoms with van der Waals surface area (Å²) in [4.78, 5) is 0. The number of rotatable bonds is 0. The predicted molar refractivity (Wildman–Crippen MR) is 33.2 cm³/mol. The standard InChI is InChI=1S/C6H6Te/c1-2-4-6-7-5-3-1/h1-6H. The van der Waals surface area contributed by atoms with Gasteiger partial charge in [-0.25, -0.2) is 0 Å². The van der Waals surface area contributed by atoms with Crippen molar-refractivity contribution in [3.63, 3.8) is 0 Å². The van der Waals surface area contributed by atoms with Crippen molar-refractivity contribution in [2.24, 2.45) is 0 Å². The average molecular weight is 206 g/mol. The molecule has 1 heterocycles. The normalized spacial score (nSPS) is 17.1.